The molecule has 1 fully saturated rings. The molecule has 110 valence electrons. The standard InChI is InChI=1S/C16H19N3OS/c20-16(9-8-14-7-4-12-21-14)18-15-10-11-17-19(15)13-5-2-1-3-6-13/h4,7-13H,1-3,5-6H2,(H,18,20)/b9-8+. The van der Waals surface area contributed by atoms with Crippen molar-refractivity contribution in [2.75, 3.05) is 5.32 Å². The predicted octanol–water partition coefficient (Wildman–Crippen LogP) is 4.10. The summed E-state index contributed by atoms with van der Waals surface area (Å²) in [4.78, 5) is 13.1. The van der Waals surface area contributed by atoms with Crippen LogP contribution in [0.4, 0.5) is 5.82 Å². The van der Waals surface area contributed by atoms with Gasteiger partial charge < -0.3 is 5.32 Å². The molecule has 0 unspecified atom stereocenters. The number of hydrogen-bond donors (Lipinski definition) is 1. The fourth-order valence-electron chi connectivity index (χ4n) is 2.74. The number of thiophene rings is 1. The Balaban J connectivity index is 1.65. The molecule has 5 heteroatoms. The van der Waals surface area contributed by atoms with Crippen LogP contribution in [0.3, 0.4) is 0 Å². The van der Waals surface area contributed by atoms with E-state index in [2.05, 4.69) is 10.4 Å². The van der Waals surface area contributed by atoms with Crippen LogP contribution in [0.2, 0.25) is 0 Å². The van der Waals surface area contributed by atoms with Crippen molar-refractivity contribution in [2.24, 2.45) is 0 Å². The summed E-state index contributed by atoms with van der Waals surface area (Å²) in [5, 5.41) is 9.31. The van der Waals surface area contributed by atoms with Gasteiger partial charge in [-0.15, -0.1) is 11.3 Å². The second-order valence-corrected chi connectivity index (χ2v) is 6.27. The Morgan fingerprint density at radius 2 is 2.19 bits per heavy atom. The summed E-state index contributed by atoms with van der Waals surface area (Å²) in [6.45, 7) is 0. The zero-order chi connectivity index (χ0) is 14.5. The number of amides is 1. The molecular formula is C16H19N3OS. The summed E-state index contributed by atoms with van der Waals surface area (Å²) in [5.41, 5.74) is 0. The van der Waals surface area contributed by atoms with Gasteiger partial charge in [0.05, 0.1) is 12.2 Å². The van der Waals surface area contributed by atoms with Crippen molar-refractivity contribution in [3.8, 4) is 0 Å². The molecule has 0 radical (unpaired) electrons. The van der Waals surface area contributed by atoms with Crippen molar-refractivity contribution < 1.29 is 4.79 Å². The number of carbonyl (C=O) groups is 1. The molecule has 1 aliphatic rings. The van der Waals surface area contributed by atoms with Crippen molar-refractivity contribution in [1.82, 2.24) is 9.78 Å². The molecule has 2 aromatic heterocycles. The van der Waals surface area contributed by atoms with E-state index >= 15 is 0 Å². The molecule has 0 aromatic carbocycles. The fourth-order valence-corrected chi connectivity index (χ4v) is 3.36. The van der Waals surface area contributed by atoms with Crippen molar-refractivity contribution in [2.45, 2.75) is 38.1 Å². The first-order valence-corrected chi connectivity index (χ1v) is 8.27. The highest BCUT2D eigenvalue weighted by Gasteiger charge is 2.18. The Morgan fingerprint density at radius 1 is 1.33 bits per heavy atom. The van der Waals surface area contributed by atoms with Crippen molar-refractivity contribution >= 4 is 29.1 Å². The van der Waals surface area contributed by atoms with Gasteiger partial charge in [-0.1, -0.05) is 25.3 Å². The van der Waals surface area contributed by atoms with Gasteiger partial charge in [0.15, 0.2) is 0 Å². The van der Waals surface area contributed by atoms with Crippen LogP contribution >= 0.6 is 11.3 Å². The van der Waals surface area contributed by atoms with E-state index < -0.39 is 0 Å². The lowest BCUT2D eigenvalue weighted by Gasteiger charge is -2.23. The van der Waals surface area contributed by atoms with Crippen LogP contribution in [0.5, 0.6) is 0 Å². The first kappa shape index (κ1) is 14.1. The van der Waals surface area contributed by atoms with Gasteiger partial charge in [-0.25, -0.2) is 4.68 Å². The van der Waals surface area contributed by atoms with Gasteiger partial charge in [0.1, 0.15) is 5.82 Å². The fraction of sp³-hybridized carbons (Fsp3) is 0.375. The van der Waals surface area contributed by atoms with Crippen LogP contribution in [-0.2, 0) is 4.79 Å². The quantitative estimate of drug-likeness (QED) is 0.864. The molecule has 2 aromatic rings. The maximum Gasteiger partial charge on any atom is 0.249 e. The van der Waals surface area contributed by atoms with Crippen molar-refractivity contribution in [3.63, 3.8) is 0 Å². The lowest BCUT2D eigenvalue weighted by atomic mass is 9.96. The molecule has 21 heavy (non-hydrogen) atoms. The van der Waals surface area contributed by atoms with Gasteiger partial charge in [0, 0.05) is 17.0 Å². The van der Waals surface area contributed by atoms with E-state index in [1.807, 2.05) is 34.3 Å². The molecule has 0 aliphatic heterocycles. The van der Waals surface area contributed by atoms with E-state index in [-0.39, 0.29) is 5.91 Å². The second kappa shape index (κ2) is 6.72. The highest BCUT2D eigenvalue weighted by Crippen LogP contribution is 2.29. The average Bonchev–Trinajstić information content (AvgIpc) is 3.17. The number of hydrogen-bond acceptors (Lipinski definition) is 3. The zero-order valence-corrected chi connectivity index (χ0v) is 12.7. The number of aromatic nitrogens is 2. The van der Waals surface area contributed by atoms with Crippen LogP contribution in [0.15, 0.2) is 35.9 Å². The lowest BCUT2D eigenvalue weighted by molar-refractivity contribution is -0.111. The van der Waals surface area contributed by atoms with Gasteiger partial charge in [-0.2, -0.15) is 5.10 Å². The van der Waals surface area contributed by atoms with Gasteiger partial charge in [0.25, 0.3) is 0 Å². The molecule has 1 amide bonds. The molecule has 1 N–H and O–H groups in total. The molecule has 1 saturated carbocycles. The van der Waals surface area contributed by atoms with E-state index in [1.54, 1.807) is 23.6 Å². The maximum atomic E-state index is 12.0. The third-order valence-electron chi connectivity index (χ3n) is 3.78. The summed E-state index contributed by atoms with van der Waals surface area (Å²) < 4.78 is 1.97. The Bertz CT molecular complexity index is 609. The Kier molecular flexibility index (Phi) is 4.50. The minimum Gasteiger partial charge on any atom is -0.307 e. The number of rotatable bonds is 4. The van der Waals surface area contributed by atoms with E-state index in [0.29, 0.717) is 6.04 Å². The van der Waals surface area contributed by atoms with Gasteiger partial charge >= 0.3 is 0 Å². The van der Waals surface area contributed by atoms with Crippen LogP contribution in [0.1, 0.15) is 43.0 Å². The lowest BCUT2D eigenvalue weighted by Crippen LogP contribution is -2.19. The van der Waals surface area contributed by atoms with Gasteiger partial charge in [-0.05, 0) is 30.4 Å². The highest BCUT2D eigenvalue weighted by atomic mass is 32.1. The van der Waals surface area contributed by atoms with E-state index in [0.717, 1.165) is 23.5 Å². The first-order chi connectivity index (χ1) is 10.3. The summed E-state index contributed by atoms with van der Waals surface area (Å²) in [5.74, 6) is 0.684. The molecule has 2 heterocycles. The second-order valence-electron chi connectivity index (χ2n) is 5.29. The van der Waals surface area contributed by atoms with Crippen molar-refractivity contribution in [1.29, 1.82) is 0 Å². The maximum absolute atomic E-state index is 12.0. The number of nitrogens with one attached hydrogen (secondary N) is 1. The smallest absolute Gasteiger partial charge is 0.249 e. The van der Waals surface area contributed by atoms with E-state index in [4.69, 9.17) is 0 Å². The van der Waals surface area contributed by atoms with Crippen molar-refractivity contribution in [3.05, 3.63) is 40.7 Å². The molecule has 0 saturated heterocycles. The normalized spacial score (nSPS) is 16.4. The third-order valence-corrected chi connectivity index (χ3v) is 4.62. The Morgan fingerprint density at radius 3 is 2.95 bits per heavy atom. The summed E-state index contributed by atoms with van der Waals surface area (Å²) in [6, 6.07) is 6.25. The summed E-state index contributed by atoms with van der Waals surface area (Å²) in [6.07, 6.45) is 11.3. The number of carbonyl (C=O) groups excluding carboxylic acids is 1. The highest BCUT2D eigenvalue weighted by molar-refractivity contribution is 7.10. The molecule has 4 nitrogen and oxygen atoms in total. The van der Waals surface area contributed by atoms with Crippen LogP contribution in [0, 0.1) is 0 Å². The van der Waals surface area contributed by atoms with Gasteiger partial charge in [-0.3, -0.25) is 4.79 Å². The average molecular weight is 301 g/mol. The zero-order valence-electron chi connectivity index (χ0n) is 11.9. The molecule has 1 aliphatic carbocycles. The third kappa shape index (κ3) is 3.61. The SMILES string of the molecule is O=C(/C=C/c1cccs1)Nc1ccnn1C1CCCCC1. The Hall–Kier alpha value is -1.88. The molecule has 3 rings (SSSR count). The van der Waals surface area contributed by atoms with Crippen LogP contribution < -0.4 is 5.32 Å². The topological polar surface area (TPSA) is 46.9 Å². The number of nitrogens with zero attached hydrogens (tertiary/aromatic N) is 2. The minimum absolute atomic E-state index is 0.110. The van der Waals surface area contributed by atoms with Crippen LogP contribution in [-0.4, -0.2) is 15.7 Å². The number of anilines is 1. The summed E-state index contributed by atoms with van der Waals surface area (Å²) >= 11 is 1.61. The largest absolute Gasteiger partial charge is 0.307 e. The monoisotopic (exact) mass is 301 g/mol. The predicted molar refractivity (Wildman–Crippen MR) is 86.3 cm³/mol. The first-order valence-electron chi connectivity index (χ1n) is 7.39. The summed E-state index contributed by atoms with van der Waals surface area (Å²) in [7, 11) is 0. The molecule has 0 spiro atoms. The molecule has 0 bridgehead atoms. The molecule has 0 atom stereocenters. The van der Waals surface area contributed by atoms with E-state index in [9.17, 15) is 4.79 Å². The minimum atomic E-state index is -0.110. The van der Waals surface area contributed by atoms with Gasteiger partial charge in [0.2, 0.25) is 5.91 Å². The molecular weight excluding hydrogens is 282 g/mol. The Labute approximate surface area is 128 Å². The van der Waals surface area contributed by atoms with Crippen LogP contribution in [0.25, 0.3) is 6.08 Å². The van der Waals surface area contributed by atoms with E-state index in [1.165, 1.54) is 19.3 Å².